The molecule has 2 saturated heterocycles. The van der Waals surface area contributed by atoms with Crippen LogP contribution in [0.25, 0.3) is 0 Å². The Balaban J connectivity index is 2.17. The summed E-state index contributed by atoms with van der Waals surface area (Å²) in [5, 5.41) is 16.0. The lowest BCUT2D eigenvalue weighted by Gasteiger charge is -2.44. The van der Waals surface area contributed by atoms with E-state index in [4.69, 9.17) is 4.74 Å². The highest BCUT2D eigenvalue weighted by atomic mass is 16.5. The Morgan fingerprint density at radius 2 is 1.67 bits per heavy atom. The van der Waals surface area contributed by atoms with Crippen molar-refractivity contribution < 1.29 is 14.3 Å². The zero-order valence-corrected chi connectivity index (χ0v) is 21.6. The van der Waals surface area contributed by atoms with E-state index in [1.807, 2.05) is 0 Å². The van der Waals surface area contributed by atoms with Crippen LogP contribution in [0, 0.1) is 22.2 Å². The number of hydrogen-bond donors (Lipinski definition) is 2. The van der Waals surface area contributed by atoms with Gasteiger partial charge in [0.15, 0.2) is 0 Å². The van der Waals surface area contributed by atoms with Crippen molar-refractivity contribution in [3.63, 3.8) is 0 Å². The number of piperidine rings is 1. The molecule has 8 heteroatoms. The van der Waals surface area contributed by atoms with Gasteiger partial charge in [0.25, 0.3) is 0 Å². The average molecular weight is 464 g/mol. The Bertz CT molecular complexity index is 701. The third-order valence-electron chi connectivity index (χ3n) is 8.17. The first kappa shape index (κ1) is 27.4. The summed E-state index contributed by atoms with van der Waals surface area (Å²) < 4.78 is 5.36. The number of nitrogens with zero attached hydrogens (tertiary/aromatic N) is 3. The number of ether oxygens (including phenoxy) is 1. The number of hydrogen-bond acceptors (Lipinski definition) is 5. The Morgan fingerprint density at radius 3 is 2.18 bits per heavy atom. The van der Waals surface area contributed by atoms with Crippen LogP contribution in [0.4, 0.5) is 4.79 Å². The summed E-state index contributed by atoms with van der Waals surface area (Å²) in [5.41, 5.74) is -1.10. The average Bonchev–Trinajstić information content (AvgIpc) is 2.80. The van der Waals surface area contributed by atoms with Gasteiger partial charge in [0.1, 0.15) is 11.6 Å². The van der Waals surface area contributed by atoms with Crippen LogP contribution in [-0.2, 0) is 9.53 Å². The van der Waals surface area contributed by atoms with E-state index in [9.17, 15) is 14.9 Å². The molecule has 2 rings (SSSR count). The molecule has 188 valence electrons. The van der Waals surface area contributed by atoms with Crippen molar-refractivity contribution in [3.05, 3.63) is 0 Å². The summed E-state index contributed by atoms with van der Waals surface area (Å²) >= 11 is 0. The molecule has 0 radical (unpaired) electrons. The molecule has 2 heterocycles. The van der Waals surface area contributed by atoms with E-state index in [2.05, 4.69) is 63.1 Å². The molecule has 8 nitrogen and oxygen atoms in total. The van der Waals surface area contributed by atoms with Gasteiger partial charge in [-0.1, -0.05) is 48.0 Å². The number of nitriles is 1. The molecule has 0 bridgehead atoms. The largest absolute Gasteiger partial charge is 0.378 e. The molecule has 2 fully saturated rings. The molecule has 0 spiro atoms. The molecule has 0 aromatic rings. The Labute approximate surface area is 200 Å². The van der Waals surface area contributed by atoms with E-state index >= 15 is 0 Å². The molecule has 2 aliphatic heterocycles. The van der Waals surface area contributed by atoms with Crippen molar-refractivity contribution in [2.24, 2.45) is 10.8 Å². The molecule has 2 N–H and O–H groups in total. The Hall–Kier alpha value is -1.85. The fraction of sp³-hybridized carbons (Fsp3) is 0.880. The number of carbonyl (C=O) groups excluding carboxylic acids is 2. The van der Waals surface area contributed by atoms with Gasteiger partial charge in [0.05, 0.1) is 19.3 Å². The number of morpholine rings is 1. The SMILES string of the molecule is CCCN1CCC(C#N)(NC(=O)C(CC(C)(C)C(C)(C)CC)NC(=O)N2CCOCC2)CC1. The molecule has 1 atom stereocenters. The van der Waals surface area contributed by atoms with Crippen molar-refractivity contribution in [1.29, 1.82) is 5.26 Å². The van der Waals surface area contributed by atoms with Crippen molar-refractivity contribution in [2.75, 3.05) is 45.9 Å². The van der Waals surface area contributed by atoms with Gasteiger partial charge < -0.3 is 25.2 Å². The summed E-state index contributed by atoms with van der Waals surface area (Å²) in [6.45, 7) is 17.6. The van der Waals surface area contributed by atoms with Gasteiger partial charge in [-0.05, 0) is 43.1 Å². The zero-order valence-electron chi connectivity index (χ0n) is 21.6. The van der Waals surface area contributed by atoms with Crippen molar-refractivity contribution in [1.82, 2.24) is 20.4 Å². The number of urea groups is 1. The van der Waals surface area contributed by atoms with Gasteiger partial charge in [-0.2, -0.15) is 5.26 Å². The van der Waals surface area contributed by atoms with Crippen LogP contribution in [0.3, 0.4) is 0 Å². The molecule has 0 aromatic carbocycles. The third kappa shape index (κ3) is 7.07. The summed E-state index contributed by atoms with van der Waals surface area (Å²) in [4.78, 5) is 30.6. The maximum atomic E-state index is 13.6. The standard InChI is InChI=1S/C25H45N5O3/c1-7-11-29-12-9-25(19-26,10-13-29)28-21(31)20(18-24(5,6)23(3,4)8-2)27-22(32)30-14-16-33-17-15-30/h20H,7-18H2,1-6H3,(H,27,32)(H,28,31). The Morgan fingerprint density at radius 1 is 1.06 bits per heavy atom. The van der Waals surface area contributed by atoms with Crippen molar-refractivity contribution in [2.45, 2.75) is 85.2 Å². The van der Waals surface area contributed by atoms with Crippen molar-refractivity contribution >= 4 is 11.9 Å². The number of carbonyl (C=O) groups is 2. The highest BCUT2D eigenvalue weighted by Crippen LogP contribution is 2.44. The quantitative estimate of drug-likeness (QED) is 0.547. The predicted molar refractivity (Wildman–Crippen MR) is 130 cm³/mol. The number of likely N-dealkylation sites (tertiary alicyclic amines) is 1. The van der Waals surface area contributed by atoms with E-state index in [0.717, 1.165) is 32.5 Å². The van der Waals surface area contributed by atoms with E-state index in [-0.39, 0.29) is 22.8 Å². The normalized spacial score (nSPS) is 20.6. The first-order valence-electron chi connectivity index (χ1n) is 12.6. The topological polar surface area (TPSA) is 97.7 Å². The first-order valence-corrected chi connectivity index (χ1v) is 12.6. The molecule has 0 aromatic heterocycles. The second-order valence-corrected chi connectivity index (χ2v) is 11.0. The second-order valence-electron chi connectivity index (χ2n) is 11.0. The fourth-order valence-electron chi connectivity index (χ4n) is 4.54. The minimum atomic E-state index is -0.881. The zero-order chi connectivity index (χ0) is 24.7. The van der Waals surface area contributed by atoms with Crippen LogP contribution in [0.1, 0.15) is 73.6 Å². The van der Waals surface area contributed by atoms with Crippen LogP contribution in [0.5, 0.6) is 0 Å². The highest BCUT2D eigenvalue weighted by molar-refractivity contribution is 5.88. The maximum absolute atomic E-state index is 13.6. The lowest BCUT2D eigenvalue weighted by atomic mass is 9.63. The smallest absolute Gasteiger partial charge is 0.318 e. The molecular weight excluding hydrogens is 418 g/mol. The number of amides is 3. The van der Waals surface area contributed by atoms with Gasteiger partial charge in [0.2, 0.25) is 5.91 Å². The van der Waals surface area contributed by atoms with Gasteiger partial charge in [-0.15, -0.1) is 0 Å². The molecular formula is C25H45N5O3. The predicted octanol–water partition coefficient (Wildman–Crippen LogP) is 3.13. The minimum absolute atomic E-state index is 0.0202. The summed E-state index contributed by atoms with van der Waals surface area (Å²) in [6, 6.07) is 1.44. The van der Waals surface area contributed by atoms with Crippen LogP contribution in [-0.4, -0.2) is 79.3 Å². The van der Waals surface area contributed by atoms with E-state index < -0.39 is 11.6 Å². The highest BCUT2D eigenvalue weighted by Gasteiger charge is 2.42. The Kier molecular flexibility index (Phi) is 9.57. The lowest BCUT2D eigenvalue weighted by Crippen LogP contribution is -2.61. The minimum Gasteiger partial charge on any atom is -0.378 e. The number of nitrogens with one attached hydrogen (secondary N) is 2. The van der Waals surface area contributed by atoms with Crippen LogP contribution < -0.4 is 10.6 Å². The van der Waals surface area contributed by atoms with E-state index in [0.29, 0.717) is 45.6 Å². The lowest BCUT2D eigenvalue weighted by molar-refractivity contribution is -0.126. The molecule has 2 aliphatic rings. The van der Waals surface area contributed by atoms with Gasteiger partial charge >= 0.3 is 6.03 Å². The third-order valence-corrected chi connectivity index (χ3v) is 8.17. The summed E-state index contributed by atoms with van der Waals surface area (Å²) in [7, 11) is 0. The molecule has 1 unspecified atom stereocenters. The van der Waals surface area contributed by atoms with Gasteiger partial charge in [-0.3, -0.25) is 4.79 Å². The van der Waals surface area contributed by atoms with Crippen LogP contribution in [0.15, 0.2) is 0 Å². The van der Waals surface area contributed by atoms with Gasteiger partial charge in [0, 0.05) is 26.2 Å². The second kappa shape index (κ2) is 11.5. The van der Waals surface area contributed by atoms with Crippen LogP contribution >= 0.6 is 0 Å². The molecule has 33 heavy (non-hydrogen) atoms. The van der Waals surface area contributed by atoms with Crippen molar-refractivity contribution in [3.8, 4) is 6.07 Å². The van der Waals surface area contributed by atoms with Gasteiger partial charge in [-0.25, -0.2) is 4.79 Å². The van der Waals surface area contributed by atoms with E-state index in [1.54, 1.807) is 4.90 Å². The number of rotatable bonds is 9. The molecule has 0 aliphatic carbocycles. The first-order chi connectivity index (χ1) is 15.5. The molecule has 3 amide bonds. The van der Waals surface area contributed by atoms with E-state index in [1.165, 1.54) is 0 Å². The fourth-order valence-corrected chi connectivity index (χ4v) is 4.54. The maximum Gasteiger partial charge on any atom is 0.318 e. The van der Waals surface area contributed by atoms with Crippen LogP contribution in [0.2, 0.25) is 0 Å². The summed E-state index contributed by atoms with van der Waals surface area (Å²) in [6.07, 6.45) is 3.73. The molecule has 0 saturated carbocycles. The monoisotopic (exact) mass is 463 g/mol. The summed E-state index contributed by atoms with van der Waals surface area (Å²) in [5.74, 6) is -0.262.